The van der Waals surface area contributed by atoms with Gasteiger partial charge in [-0.1, -0.05) is 19.9 Å². The second kappa shape index (κ2) is 5.87. The minimum absolute atomic E-state index is 0.0177. The summed E-state index contributed by atoms with van der Waals surface area (Å²) in [7, 11) is 0. The Kier molecular flexibility index (Phi) is 4.73. The van der Waals surface area contributed by atoms with Crippen molar-refractivity contribution < 1.29 is 9.90 Å². The molecule has 100 valence electrons. The number of nitrogens with one attached hydrogen (secondary N) is 1. The van der Waals surface area contributed by atoms with Gasteiger partial charge in [-0.3, -0.25) is 4.79 Å². The first-order chi connectivity index (χ1) is 8.35. The van der Waals surface area contributed by atoms with Crippen molar-refractivity contribution in [2.75, 3.05) is 13.1 Å². The number of phenolic OH excluding ortho intramolecular Hbond substituents is 1. The molecule has 1 rings (SSSR count). The van der Waals surface area contributed by atoms with E-state index in [0.717, 1.165) is 12.0 Å². The zero-order valence-electron chi connectivity index (χ0n) is 11.3. The Hall–Kier alpha value is -1.55. The molecular weight excluding hydrogens is 228 g/mol. The van der Waals surface area contributed by atoms with Crippen LogP contribution in [0.3, 0.4) is 0 Å². The quantitative estimate of drug-likeness (QED) is 0.746. The van der Waals surface area contributed by atoms with Gasteiger partial charge in [0.1, 0.15) is 5.75 Å². The molecule has 0 aliphatic rings. The predicted octanol–water partition coefficient (Wildman–Crippen LogP) is 1.81. The molecule has 0 radical (unpaired) electrons. The highest BCUT2D eigenvalue weighted by molar-refractivity contribution is 5.96. The van der Waals surface area contributed by atoms with Crippen LogP contribution < -0.4 is 11.1 Å². The number of nitrogens with two attached hydrogens (primary N) is 1. The third kappa shape index (κ3) is 4.04. The predicted molar refractivity (Wildman–Crippen MR) is 72.6 cm³/mol. The molecule has 0 aliphatic heterocycles. The lowest BCUT2D eigenvalue weighted by Crippen LogP contribution is -2.35. The minimum atomic E-state index is -0.252. The highest BCUT2D eigenvalue weighted by atomic mass is 16.3. The zero-order valence-corrected chi connectivity index (χ0v) is 11.3. The van der Waals surface area contributed by atoms with Crippen LogP contribution in [0.2, 0.25) is 0 Å². The molecule has 18 heavy (non-hydrogen) atoms. The molecule has 4 nitrogen and oxygen atoms in total. The van der Waals surface area contributed by atoms with E-state index in [0.29, 0.717) is 18.7 Å². The molecule has 0 spiro atoms. The molecule has 0 aromatic heterocycles. The molecule has 0 bridgehead atoms. The molecule has 0 fully saturated rings. The lowest BCUT2D eigenvalue weighted by molar-refractivity contribution is 0.0932. The number of benzene rings is 1. The van der Waals surface area contributed by atoms with Gasteiger partial charge >= 0.3 is 0 Å². The van der Waals surface area contributed by atoms with Gasteiger partial charge in [-0.2, -0.15) is 0 Å². The van der Waals surface area contributed by atoms with Crippen LogP contribution in [0.25, 0.3) is 0 Å². The SMILES string of the molecule is Cc1ccc(C(=O)NCC(C)(C)CCN)c(O)c1. The molecule has 0 unspecified atom stereocenters. The first-order valence-corrected chi connectivity index (χ1v) is 6.13. The first-order valence-electron chi connectivity index (χ1n) is 6.13. The van der Waals surface area contributed by atoms with E-state index < -0.39 is 0 Å². The largest absolute Gasteiger partial charge is 0.507 e. The number of phenols is 1. The zero-order chi connectivity index (χ0) is 13.8. The molecular formula is C14H22N2O2. The van der Waals surface area contributed by atoms with E-state index in [4.69, 9.17) is 5.73 Å². The van der Waals surface area contributed by atoms with Gasteiger partial charge in [-0.05, 0) is 43.0 Å². The van der Waals surface area contributed by atoms with Crippen LogP contribution >= 0.6 is 0 Å². The Morgan fingerprint density at radius 3 is 2.67 bits per heavy atom. The summed E-state index contributed by atoms with van der Waals surface area (Å²) in [5.41, 5.74) is 6.72. The van der Waals surface area contributed by atoms with Crippen LogP contribution in [0.1, 0.15) is 36.2 Å². The van der Waals surface area contributed by atoms with E-state index in [-0.39, 0.29) is 17.1 Å². The maximum atomic E-state index is 11.9. The van der Waals surface area contributed by atoms with Crippen LogP contribution in [0.4, 0.5) is 0 Å². The van der Waals surface area contributed by atoms with E-state index in [1.165, 1.54) is 0 Å². The van der Waals surface area contributed by atoms with Crippen LogP contribution in [0, 0.1) is 12.3 Å². The fourth-order valence-electron chi connectivity index (χ4n) is 1.73. The third-order valence-corrected chi connectivity index (χ3v) is 2.95. The van der Waals surface area contributed by atoms with E-state index in [2.05, 4.69) is 19.2 Å². The Morgan fingerprint density at radius 2 is 2.11 bits per heavy atom. The molecule has 1 aromatic rings. The summed E-state index contributed by atoms with van der Waals surface area (Å²) in [6, 6.07) is 5.02. The number of hydrogen-bond acceptors (Lipinski definition) is 3. The second-order valence-electron chi connectivity index (χ2n) is 5.41. The van der Waals surface area contributed by atoms with Crippen molar-refractivity contribution >= 4 is 5.91 Å². The van der Waals surface area contributed by atoms with Crippen LogP contribution in [-0.2, 0) is 0 Å². The second-order valence-corrected chi connectivity index (χ2v) is 5.41. The van der Waals surface area contributed by atoms with Crippen molar-refractivity contribution in [2.45, 2.75) is 27.2 Å². The molecule has 1 aromatic carbocycles. The van der Waals surface area contributed by atoms with Gasteiger partial charge in [0.15, 0.2) is 0 Å². The van der Waals surface area contributed by atoms with Crippen molar-refractivity contribution in [1.29, 1.82) is 0 Å². The van der Waals surface area contributed by atoms with Crippen LogP contribution in [0.15, 0.2) is 18.2 Å². The summed E-state index contributed by atoms with van der Waals surface area (Å²) < 4.78 is 0. The van der Waals surface area contributed by atoms with Gasteiger partial charge in [0, 0.05) is 6.54 Å². The van der Waals surface area contributed by atoms with Crippen molar-refractivity contribution in [3.63, 3.8) is 0 Å². The number of carbonyl (C=O) groups excluding carboxylic acids is 1. The molecule has 0 atom stereocenters. The highest BCUT2D eigenvalue weighted by Crippen LogP contribution is 2.20. The third-order valence-electron chi connectivity index (χ3n) is 2.95. The fourth-order valence-corrected chi connectivity index (χ4v) is 1.73. The molecule has 4 heteroatoms. The number of rotatable bonds is 5. The van der Waals surface area contributed by atoms with Crippen molar-refractivity contribution in [1.82, 2.24) is 5.32 Å². The molecule has 1 amide bonds. The summed E-state index contributed by atoms with van der Waals surface area (Å²) in [6.45, 7) is 7.10. The molecule has 0 saturated carbocycles. The number of aryl methyl sites for hydroxylation is 1. The summed E-state index contributed by atoms with van der Waals surface area (Å²) >= 11 is 0. The van der Waals surface area contributed by atoms with E-state index in [1.54, 1.807) is 18.2 Å². The van der Waals surface area contributed by atoms with Gasteiger partial charge < -0.3 is 16.2 Å². The topological polar surface area (TPSA) is 75.4 Å². The Balaban J connectivity index is 2.66. The molecule has 0 aliphatic carbocycles. The number of amides is 1. The van der Waals surface area contributed by atoms with Gasteiger partial charge in [0.2, 0.25) is 0 Å². The maximum absolute atomic E-state index is 11.9. The monoisotopic (exact) mass is 250 g/mol. The summed E-state index contributed by atoms with van der Waals surface area (Å²) in [5.74, 6) is -0.235. The summed E-state index contributed by atoms with van der Waals surface area (Å²) in [5, 5.41) is 12.5. The molecule has 4 N–H and O–H groups in total. The van der Waals surface area contributed by atoms with Crippen LogP contribution in [-0.4, -0.2) is 24.1 Å². The summed E-state index contributed by atoms with van der Waals surface area (Å²) in [4.78, 5) is 11.9. The molecule has 0 saturated heterocycles. The maximum Gasteiger partial charge on any atom is 0.255 e. The standard InChI is InChI=1S/C14H22N2O2/c1-10-4-5-11(12(17)8-10)13(18)16-9-14(2,3)6-7-15/h4-5,8,17H,6-7,9,15H2,1-3H3,(H,16,18). The fraction of sp³-hybridized carbons (Fsp3) is 0.500. The average molecular weight is 250 g/mol. The lowest BCUT2D eigenvalue weighted by atomic mass is 9.89. The smallest absolute Gasteiger partial charge is 0.255 e. The van der Waals surface area contributed by atoms with E-state index in [1.807, 2.05) is 6.92 Å². The van der Waals surface area contributed by atoms with Crippen molar-refractivity contribution in [3.05, 3.63) is 29.3 Å². The van der Waals surface area contributed by atoms with Gasteiger partial charge in [-0.25, -0.2) is 0 Å². The Bertz CT molecular complexity index is 428. The highest BCUT2D eigenvalue weighted by Gasteiger charge is 2.19. The van der Waals surface area contributed by atoms with Crippen molar-refractivity contribution in [2.24, 2.45) is 11.1 Å². The van der Waals surface area contributed by atoms with Gasteiger partial charge in [0.05, 0.1) is 5.56 Å². The summed E-state index contributed by atoms with van der Waals surface area (Å²) in [6.07, 6.45) is 0.840. The van der Waals surface area contributed by atoms with Gasteiger partial charge in [0.25, 0.3) is 5.91 Å². The number of carbonyl (C=O) groups is 1. The lowest BCUT2D eigenvalue weighted by Gasteiger charge is -2.24. The number of hydrogen-bond donors (Lipinski definition) is 3. The Morgan fingerprint density at radius 1 is 1.44 bits per heavy atom. The minimum Gasteiger partial charge on any atom is -0.507 e. The first kappa shape index (κ1) is 14.5. The van der Waals surface area contributed by atoms with E-state index in [9.17, 15) is 9.90 Å². The molecule has 0 heterocycles. The average Bonchev–Trinajstić information content (AvgIpc) is 2.26. The van der Waals surface area contributed by atoms with Crippen LogP contribution in [0.5, 0.6) is 5.75 Å². The number of aromatic hydroxyl groups is 1. The van der Waals surface area contributed by atoms with Crippen molar-refractivity contribution in [3.8, 4) is 5.75 Å². The van der Waals surface area contributed by atoms with Gasteiger partial charge in [-0.15, -0.1) is 0 Å². The Labute approximate surface area is 108 Å². The normalized spacial score (nSPS) is 11.3. The van der Waals surface area contributed by atoms with E-state index >= 15 is 0 Å².